The van der Waals surface area contributed by atoms with Crippen molar-refractivity contribution in [1.29, 1.82) is 0 Å². The van der Waals surface area contributed by atoms with E-state index >= 15 is 0 Å². The summed E-state index contributed by atoms with van der Waals surface area (Å²) in [5.41, 5.74) is 2.51. The Kier molecular flexibility index (Phi) is 3.49. The Morgan fingerprint density at radius 2 is 2.11 bits per heavy atom. The minimum absolute atomic E-state index is 0.204. The van der Waals surface area contributed by atoms with Gasteiger partial charge < -0.3 is 4.98 Å². The Morgan fingerprint density at radius 3 is 2.72 bits per heavy atom. The standard InChI is InChI=1S/C12H15N3O2S/c1-9-3-4-12(10(2)5-9)18(16,17)15-7-11-6-13-8-14-11/h3-6,8,15H,7H2,1-2H3,(H,13,14). The number of hydrogen-bond donors (Lipinski definition) is 2. The van der Waals surface area contributed by atoms with E-state index in [-0.39, 0.29) is 6.54 Å². The van der Waals surface area contributed by atoms with Crippen molar-refractivity contribution in [2.24, 2.45) is 0 Å². The summed E-state index contributed by atoms with van der Waals surface area (Å²) >= 11 is 0. The molecule has 1 heterocycles. The monoisotopic (exact) mass is 265 g/mol. The van der Waals surface area contributed by atoms with Crippen molar-refractivity contribution in [3.05, 3.63) is 47.5 Å². The molecule has 0 unspecified atom stereocenters. The van der Waals surface area contributed by atoms with Crippen molar-refractivity contribution < 1.29 is 8.42 Å². The van der Waals surface area contributed by atoms with Gasteiger partial charge in [0.1, 0.15) is 0 Å². The number of aromatic amines is 1. The van der Waals surface area contributed by atoms with Crippen LogP contribution in [0.4, 0.5) is 0 Å². The van der Waals surface area contributed by atoms with Crippen LogP contribution in [0.1, 0.15) is 16.8 Å². The fourth-order valence-corrected chi connectivity index (χ4v) is 2.96. The van der Waals surface area contributed by atoms with Gasteiger partial charge in [0.25, 0.3) is 0 Å². The van der Waals surface area contributed by atoms with Gasteiger partial charge in [-0.2, -0.15) is 0 Å². The van der Waals surface area contributed by atoms with Crippen LogP contribution in [0.5, 0.6) is 0 Å². The van der Waals surface area contributed by atoms with Crippen molar-refractivity contribution in [1.82, 2.24) is 14.7 Å². The topological polar surface area (TPSA) is 74.8 Å². The first kappa shape index (κ1) is 12.8. The van der Waals surface area contributed by atoms with E-state index in [0.717, 1.165) is 16.8 Å². The first-order valence-corrected chi connectivity index (χ1v) is 7.01. The number of rotatable bonds is 4. The number of aromatic nitrogens is 2. The molecule has 0 bridgehead atoms. The molecule has 0 aliphatic carbocycles. The minimum Gasteiger partial charge on any atom is -0.347 e. The molecule has 2 aromatic rings. The first-order chi connectivity index (χ1) is 8.49. The largest absolute Gasteiger partial charge is 0.347 e. The molecule has 0 radical (unpaired) electrons. The van der Waals surface area contributed by atoms with Gasteiger partial charge in [-0.05, 0) is 25.5 Å². The lowest BCUT2D eigenvalue weighted by molar-refractivity contribution is 0.580. The maximum atomic E-state index is 12.1. The smallest absolute Gasteiger partial charge is 0.241 e. The molecule has 0 amide bonds. The highest BCUT2D eigenvalue weighted by molar-refractivity contribution is 7.89. The van der Waals surface area contributed by atoms with Gasteiger partial charge in [0.2, 0.25) is 10.0 Å². The van der Waals surface area contributed by atoms with Crippen molar-refractivity contribution in [3.8, 4) is 0 Å². The van der Waals surface area contributed by atoms with Gasteiger partial charge in [-0.25, -0.2) is 18.1 Å². The van der Waals surface area contributed by atoms with E-state index < -0.39 is 10.0 Å². The molecule has 2 N–H and O–H groups in total. The van der Waals surface area contributed by atoms with E-state index in [1.165, 1.54) is 6.33 Å². The van der Waals surface area contributed by atoms with E-state index in [4.69, 9.17) is 0 Å². The Balaban J connectivity index is 2.20. The van der Waals surface area contributed by atoms with Gasteiger partial charge >= 0.3 is 0 Å². The van der Waals surface area contributed by atoms with Crippen molar-refractivity contribution >= 4 is 10.0 Å². The number of H-pyrrole nitrogens is 1. The first-order valence-electron chi connectivity index (χ1n) is 5.53. The summed E-state index contributed by atoms with van der Waals surface area (Å²) in [5, 5.41) is 0. The third kappa shape index (κ3) is 2.77. The summed E-state index contributed by atoms with van der Waals surface area (Å²) in [6, 6.07) is 5.27. The maximum absolute atomic E-state index is 12.1. The number of hydrogen-bond acceptors (Lipinski definition) is 3. The third-order valence-electron chi connectivity index (χ3n) is 2.63. The van der Waals surface area contributed by atoms with Crippen LogP contribution in [0.3, 0.4) is 0 Å². The quantitative estimate of drug-likeness (QED) is 0.879. The molecule has 6 heteroatoms. The Bertz CT molecular complexity index is 633. The molecule has 0 aliphatic rings. The summed E-state index contributed by atoms with van der Waals surface area (Å²) in [7, 11) is -3.48. The van der Waals surface area contributed by atoms with Crippen LogP contribution < -0.4 is 4.72 Å². The molecule has 0 aliphatic heterocycles. The zero-order chi connectivity index (χ0) is 13.2. The lowest BCUT2D eigenvalue weighted by Gasteiger charge is -2.09. The molecule has 5 nitrogen and oxygen atoms in total. The van der Waals surface area contributed by atoms with Crippen molar-refractivity contribution in [2.75, 3.05) is 0 Å². The van der Waals surface area contributed by atoms with Gasteiger partial charge in [0.15, 0.2) is 0 Å². The average Bonchev–Trinajstić information content (AvgIpc) is 2.78. The summed E-state index contributed by atoms with van der Waals surface area (Å²) in [4.78, 5) is 6.99. The summed E-state index contributed by atoms with van der Waals surface area (Å²) in [5.74, 6) is 0. The van der Waals surface area contributed by atoms with Crippen molar-refractivity contribution in [2.45, 2.75) is 25.3 Å². The van der Waals surface area contributed by atoms with Crippen LogP contribution in [-0.4, -0.2) is 18.4 Å². The number of aryl methyl sites for hydroxylation is 2. The second-order valence-corrected chi connectivity index (χ2v) is 5.91. The molecular formula is C12H15N3O2S. The summed E-state index contributed by atoms with van der Waals surface area (Å²) < 4.78 is 26.8. The number of benzene rings is 1. The summed E-state index contributed by atoms with van der Waals surface area (Å²) in [6.07, 6.45) is 3.10. The van der Waals surface area contributed by atoms with Crippen LogP contribution in [-0.2, 0) is 16.6 Å². The molecule has 96 valence electrons. The zero-order valence-electron chi connectivity index (χ0n) is 10.3. The van der Waals surface area contributed by atoms with E-state index in [1.54, 1.807) is 25.3 Å². The SMILES string of the molecule is Cc1ccc(S(=O)(=O)NCc2cnc[nH]2)c(C)c1. The lowest BCUT2D eigenvalue weighted by atomic mass is 10.2. The number of nitrogens with zero attached hydrogens (tertiary/aromatic N) is 1. The molecule has 1 aromatic carbocycles. The van der Waals surface area contributed by atoms with Gasteiger partial charge in [0.05, 0.1) is 17.8 Å². The van der Waals surface area contributed by atoms with Crippen molar-refractivity contribution in [3.63, 3.8) is 0 Å². The molecule has 18 heavy (non-hydrogen) atoms. The van der Waals surface area contributed by atoms with E-state index in [2.05, 4.69) is 14.7 Å². The fraction of sp³-hybridized carbons (Fsp3) is 0.250. The highest BCUT2D eigenvalue weighted by Crippen LogP contribution is 2.16. The molecule has 0 saturated heterocycles. The van der Waals surface area contributed by atoms with Gasteiger partial charge in [-0.3, -0.25) is 0 Å². The minimum atomic E-state index is -3.48. The van der Waals surface area contributed by atoms with Crippen LogP contribution >= 0.6 is 0 Å². The zero-order valence-corrected chi connectivity index (χ0v) is 11.1. The average molecular weight is 265 g/mol. The normalized spacial score (nSPS) is 11.7. The lowest BCUT2D eigenvalue weighted by Crippen LogP contribution is -2.24. The molecule has 1 aromatic heterocycles. The van der Waals surface area contributed by atoms with Crippen LogP contribution in [0.15, 0.2) is 35.6 Å². The van der Waals surface area contributed by atoms with Crippen LogP contribution in [0.25, 0.3) is 0 Å². The van der Waals surface area contributed by atoms with Gasteiger partial charge in [0, 0.05) is 11.9 Å². The van der Waals surface area contributed by atoms with Crippen LogP contribution in [0, 0.1) is 13.8 Å². The number of imidazole rings is 1. The van der Waals surface area contributed by atoms with Crippen LogP contribution in [0.2, 0.25) is 0 Å². The van der Waals surface area contributed by atoms with Gasteiger partial charge in [-0.1, -0.05) is 17.7 Å². The summed E-state index contributed by atoms with van der Waals surface area (Å²) in [6.45, 7) is 3.93. The Hall–Kier alpha value is -1.66. The molecule has 0 atom stereocenters. The second-order valence-electron chi connectivity index (χ2n) is 4.17. The third-order valence-corrected chi connectivity index (χ3v) is 4.19. The number of nitrogens with one attached hydrogen (secondary N) is 2. The second kappa shape index (κ2) is 4.91. The molecule has 2 rings (SSSR count). The predicted molar refractivity (Wildman–Crippen MR) is 68.5 cm³/mol. The van der Waals surface area contributed by atoms with E-state index in [9.17, 15) is 8.42 Å². The molecule has 0 saturated carbocycles. The highest BCUT2D eigenvalue weighted by atomic mass is 32.2. The molecule has 0 fully saturated rings. The molecular weight excluding hydrogens is 250 g/mol. The molecule has 0 spiro atoms. The Morgan fingerprint density at radius 1 is 1.33 bits per heavy atom. The van der Waals surface area contributed by atoms with Gasteiger partial charge in [-0.15, -0.1) is 0 Å². The predicted octanol–water partition coefficient (Wildman–Crippen LogP) is 1.51. The van der Waals surface area contributed by atoms with E-state index in [0.29, 0.717) is 4.90 Å². The fourth-order valence-electron chi connectivity index (χ4n) is 1.73. The Labute approximate surface area is 106 Å². The number of sulfonamides is 1. The van der Waals surface area contributed by atoms with E-state index in [1.807, 2.05) is 13.0 Å². The maximum Gasteiger partial charge on any atom is 0.241 e. The highest BCUT2D eigenvalue weighted by Gasteiger charge is 2.16.